The highest BCUT2D eigenvalue weighted by Crippen LogP contribution is 2.29. The molecule has 19 heavy (non-hydrogen) atoms. The summed E-state index contributed by atoms with van der Waals surface area (Å²) < 4.78 is 26.5. The quantitative estimate of drug-likeness (QED) is 0.848. The molecule has 1 atom stereocenters. The molecule has 0 fully saturated rings. The second kappa shape index (κ2) is 7.62. The van der Waals surface area contributed by atoms with Crippen molar-refractivity contribution >= 4 is 18.1 Å². The van der Waals surface area contributed by atoms with Gasteiger partial charge in [-0.1, -0.05) is 12.1 Å². The molecule has 1 rings (SSSR count). The minimum absolute atomic E-state index is 0. The van der Waals surface area contributed by atoms with Gasteiger partial charge in [0, 0.05) is 18.8 Å². The van der Waals surface area contributed by atoms with Crippen LogP contribution in [0.25, 0.3) is 0 Å². The van der Waals surface area contributed by atoms with E-state index in [-0.39, 0.29) is 12.4 Å². The molecular weight excluding hydrogens is 274 g/mol. The van der Waals surface area contributed by atoms with Gasteiger partial charge in [0.05, 0.1) is 6.04 Å². The Hall–Kier alpha value is -0.910. The van der Waals surface area contributed by atoms with Crippen molar-refractivity contribution in [2.24, 2.45) is 5.73 Å². The van der Waals surface area contributed by atoms with Gasteiger partial charge in [-0.25, -0.2) is 8.78 Å². The maximum absolute atomic E-state index is 13.2. The highest BCUT2D eigenvalue weighted by molar-refractivity contribution is 5.85. The van der Waals surface area contributed by atoms with Crippen LogP contribution in [0.2, 0.25) is 0 Å². The van der Waals surface area contributed by atoms with Crippen LogP contribution >= 0.6 is 12.4 Å². The van der Waals surface area contributed by atoms with E-state index in [1.165, 1.54) is 0 Å². The van der Waals surface area contributed by atoms with Crippen LogP contribution in [0.4, 0.5) is 14.5 Å². The summed E-state index contributed by atoms with van der Waals surface area (Å²) in [6.45, 7) is 4.53. The van der Waals surface area contributed by atoms with E-state index in [9.17, 15) is 8.78 Å². The highest BCUT2D eigenvalue weighted by Gasteiger charge is 2.37. The number of alkyl halides is 2. The van der Waals surface area contributed by atoms with Gasteiger partial charge < -0.3 is 15.7 Å². The lowest BCUT2D eigenvalue weighted by molar-refractivity contribution is -0.0711. The summed E-state index contributed by atoms with van der Waals surface area (Å²) in [5.74, 6) is -3.29. The van der Waals surface area contributed by atoms with E-state index in [1.54, 1.807) is 24.3 Å². The summed E-state index contributed by atoms with van der Waals surface area (Å²) in [5.41, 5.74) is 6.75. The molecule has 0 saturated carbocycles. The lowest BCUT2D eigenvalue weighted by atomic mass is 10.0. The first-order valence-electron chi connectivity index (χ1n) is 6.05. The van der Waals surface area contributed by atoms with Crippen LogP contribution < -0.4 is 10.6 Å². The molecule has 110 valence electrons. The molecule has 0 unspecified atom stereocenters. The van der Waals surface area contributed by atoms with E-state index in [0.29, 0.717) is 5.56 Å². The predicted molar refractivity (Wildman–Crippen MR) is 76.2 cm³/mol. The van der Waals surface area contributed by atoms with E-state index < -0.39 is 18.6 Å². The fourth-order valence-electron chi connectivity index (χ4n) is 1.82. The summed E-state index contributed by atoms with van der Waals surface area (Å²) >= 11 is 0. The van der Waals surface area contributed by atoms with Crippen molar-refractivity contribution in [3.05, 3.63) is 29.8 Å². The van der Waals surface area contributed by atoms with Crippen molar-refractivity contribution in [3.63, 3.8) is 0 Å². The van der Waals surface area contributed by atoms with Crippen LogP contribution in [0, 0.1) is 0 Å². The fraction of sp³-hybridized carbons (Fsp3) is 0.538. The molecule has 6 heteroatoms. The molecule has 0 aliphatic rings. The molecule has 3 N–H and O–H groups in total. The summed E-state index contributed by atoms with van der Waals surface area (Å²) in [5, 5.41) is 8.61. The van der Waals surface area contributed by atoms with Gasteiger partial charge in [0.25, 0.3) is 5.92 Å². The first-order valence-corrected chi connectivity index (χ1v) is 6.05. The normalized spacial score (nSPS) is 12.7. The number of rotatable bonds is 6. The average molecular weight is 295 g/mol. The van der Waals surface area contributed by atoms with Gasteiger partial charge >= 0.3 is 0 Å². The molecule has 0 aliphatic carbocycles. The highest BCUT2D eigenvalue weighted by atomic mass is 35.5. The number of halogens is 3. The van der Waals surface area contributed by atoms with E-state index in [4.69, 9.17) is 10.8 Å². The lowest BCUT2D eigenvalue weighted by Crippen LogP contribution is -2.36. The Bertz CT molecular complexity index is 369. The van der Waals surface area contributed by atoms with Crippen molar-refractivity contribution in [2.45, 2.75) is 25.8 Å². The minimum atomic E-state index is -3.29. The zero-order valence-corrected chi connectivity index (χ0v) is 12.0. The van der Waals surface area contributed by atoms with E-state index in [1.807, 2.05) is 13.8 Å². The van der Waals surface area contributed by atoms with Crippen LogP contribution in [-0.4, -0.2) is 30.7 Å². The monoisotopic (exact) mass is 294 g/mol. The first-order chi connectivity index (χ1) is 8.46. The maximum Gasteiger partial charge on any atom is 0.289 e. The molecule has 1 aromatic carbocycles. The van der Waals surface area contributed by atoms with E-state index in [2.05, 4.69) is 4.90 Å². The zero-order chi connectivity index (χ0) is 13.8. The molecular formula is C13H21ClF2N2O. The smallest absolute Gasteiger partial charge is 0.289 e. The van der Waals surface area contributed by atoms with Gasteiger partial charge in [0.1, 0.15) is 6.61 Å². The Kier molecular flexibility index (Phi) is 7.26. The fourth-order valence-corrected chi connectivity index (χ4v) is 1.82. The molecule has 0 aliphatic heterocycles. The summed E-state index contributed by atoms with van der Waals surface area (Å²) in [7, 11) is 0. The van der Waals surface area contributed by atoms with Gasteiger partial charge in [0.2, 0.25) is 0 Å². The number of nitrogens with zero attached hydrogens (tertiary/aromatic N) is 1. The largest absolute Gasteiger partial charge is 0.390 e. The van der Waals surface area contributed by atoms with Crippen molar-refractivity contribution < 1.29 is 13.9 Å². The third kappa shape index (κ3) is 4.30. The summed E-state index contributed by atoms with van der Waals surface area (Å²) in [6, 6.07) is 5.24. The molecule has 1 aromatic rings. The Morgan fingerprint density at radius 2 is 1.68 bits per heavy atom. The van der Waals surface area contributed by atoms with Crippen molar-refractivity contribution in [3.8, 4) is 0 Å². The minimum Gasteiger partial charge on any atom is -0.390 e. The van der Waals surface area contributed by atoms with Crippen LogP contribution in [0.5, 0.6) is 0 Å². The second-order valence-electron chi connectivity index (χ2n) is 4.16. The van der Waals surface area contributed by atoms with E-state index >= 15 is 0 Å². The molecule has 0 spiro atoms. The van der Waals surface area contributed by atoms with Crippen molar-refractivity contribution in [1.82, 2.24) is 0 Å². The molecule has 0 heterocycles. The number of aliphatic hydroxyl groups excluding tert-OH is 1. The summed E-state index contributed by atoms with van der Waals surface area (Å²) in [6.07, 6.45) is 0. The van der Waals surface area contributed by atoms with Gasteiger partial charge in [0.15, 0.2) is 0 Å². The van der Waals surface area contributed by atoms with Gasteiger partial charge in [-0.3, -0.25) is 0 Å². The SMILES string of the molecule is CCN(CC)c1ccc([C@H](N)C(F)(F)CO)cc1.Cl. The Morgan fingerprint density at radius 3 is 2.05 bits per heavy atom. The van der Waals surface area contributed by atoms with E-state index in [0.717, 1.165) is 18.8 Å². The average Bonchev–Trinajstić information content (AvgIpc) is 2.40. The zero-order valence-electron chi connectivity index (χ0n) is 11.1. The molecule has 3 nitrogen and oxygen atoms in total. The van der Waals surface area contributed by atoms with Crippen LogP contribution in [0.3, 0.4) is 0 Å². The molecule has 0 aromatic heterocycles. The predicted octanol–water partition coefficient (Wildman–Crippen LogP) is 2.58. The number of anilines is 1. The molecule has 0 saturated heterocycles. The second-order valence-corrected chi connectivity index (χ2v) is 4.16. The Morgan fingerprint density at radius 1 is 1.21 bits per heavy atom. The number of nitrogens with two attached hydrogens (primary N) is 1. The third-order valence-electron chi connectivity index (χ3n) is 3.05. The van der Waals surface area contributed by atoms with Crippen LogP contribution in [0.1, 0.15) is 25.5 Å². The third-order valence-corrected chi connectivity index (χ3v) is 3.05. The maximum atomic E-state index is 13.2. The van der Waals surface area contributed by atoms with Gasteiger partial charge in [-0.15, -0.1) is 12.4 Å². The van der Waals surface area contributed by atoms with Crippen LogP contribution in [0.15, 0.2) is 24.3 Å². The van der Waals surface area contributed by atoms with Gasteiger partial charge in [-0.05, 0) is 31.5 Å². The number of aliphatic hydroxyl groups is 1. The van der Waals surface area contributed by atoms with Crippen LogP contribution in [-0.2, 0) is 0 Å². The molecule has 0 radical (unpaired) electrons. The number of hydrogen-bond donors (Lipinski definition) is 2. The van der Waals surface area contributed by atoms with Gasteiger partial charge in [-0.2, -0.15) is 0 Å². The molecule has 0 bridgehead atoms. The topological polar surface area (TPSA) is 49.5 Å². The number of hydrogen-bond acceptors (Lipinski definition) is 3. The standard InChI is InChI=1S/C13H20F2N2O.ClH/c1-3-17(4-2)11-7-5-10(6-8-11)12(16)13(14,15)9-18;/h5-8,12,18H,3-4,9,16H2,1-2H3;1H/t12-;/m0./s1. The van der Waals surface area contributed by atoms with Crippen molar-refractivity contribution in [2.75, 3.05) is 24.6 Å². The molecule has 0 amide bonds. The first kappa shape index (κ1) is 18.1. The summed E-state index contributed by atoms with van der Waals surface area (Å²) in [4.78, 5) is 2.11. The Balaban J connectivity index is 0.00000324. The Labute approximate surface area is 118 Å². The van der Waals surface area contributed by atoms with Crippen molar-refractivity contribution in [1.29, 1.82) is 0 Å². The number of benzene rings is 1. The lowest BCUT2D eigenvalue weighted by Gasteiger charge is -2.24.